The number of carbonyl (C=O) groups excluding carboxylic acids is 3. The molecule has 0 fully saturated rings. The fraction of sp³-hybridized carbons (Fsp3) is 0.409. The van der Waals surface area contributed by atoms with E-state index >= 15 is 0 Å². The van der Waals surface area contributed by atoms with Crippen molar-refractivity contribution in [3.63, 3.8) is 0 Å². The molecule has 0 saturated carbocycles. The Morgan fingerprint density at radius 3 is 2.39 bits per heavy atom. The van der Waals surface area contributed by atoms with Gasteiger partial charge in [0.1, 0.15) is 11.6 Å². The van der Waals surface area contributed by atoms with E-state index in [0.29, 0.717) is 13.2 Å². The van der Waals surface area contributed by atoms with E-state index in [4.69, 9.17) is 5.11 Å². The molecule has 0 bridgehead atoms. The van der Waals surface area contributed by atoms with E-state index in [0.717, 1.165) is 24.8 Å². The molecule has 1 rings (SSSR count). The van der Waals surface area contributed by atoms with Gasteiger partial charge < -0.3 is 25.9 Å². The molecule has 0 aliphatic rings. The summed E-state index contributed by atoms with van der Waals surface area (Å²) in [5.41, 5.74) is 3.09. The largest absolute Gasteiger partial charge is 0.504 e. The van der Waals surface area contributed by atoms with Gasteiger partial charge in [0.05, 0.1) is 6.61 Å². The van der Waals surface area contributed by atoms with Crippen LogP contribution in [0.1, 0.15) is 26.3 Å². The molecule has 0 heterocycles. The Morgan fingerprint density at radius 1 is 1.18 bits per heavy atom. The van der Waals surface area contributed by atoms with Crippen molar-refractivity contribution in [2.75, 3.05) is 33.9 Å². The summed E-state index contributed by atoms with van der Waals surface area (Å²) in [7, 11) is 3.33. The topological polar surface area (TPSA) is 120 Å². The average molecular weight is 473 g/mol. The molecule has 0 aliphatic heterocycles. The van der Waals surface area contributed by atoms with Crippen LogP contribution in [0.15, 0.2) is 42.3 Å². The van der Waals surface area contributed by atoms with Crippen molar-refractivity contribution in [1.29, 1.82) is 0 Å². The fourth-order valence-electron chi connectivity index (χ4n) is 1.73. The van der Waals surface area contributed by atoms with Crippen molar-refractivity contribution in [2.45, 2.75) is 27.3 Å². The van der Waals surface area contributed by atoms with Gasteiger partial charge in [-0.05, 0) is 6.07 Å². The summed E-state index contributed by atoms with van der Waals surface area (Å²) in [6.45, 7) is 7.49. The Bertz CT molecular complexity index is 773. The molecule has 0 atom stereocenters. The smallest absolute Gasteiger partial charge is 0.247 e. The predicted octanol–water partition coefficient (Wildman–Crippen LogP) is 1.97. The average Bonchev–Trinajstić information content (AvgIpc) is 2.80. The van der Waals surface area contributed by atoms with Crippen LogP contribution in [0.2, 0.25) is 0 Å². The second kappa shape index (κ2) is 20.6. The minimum absolute atomic E-state index is 0.0128. The number of hydrogen-bond donors (Lipinski definition) is 4. The summed E-state index contributed by atoms with van der Waals surface area (Å²) in [6, 6.07) is 3.24. The zero-order valence-corrected chi connectivity index (χ0v) is 19.7. The number of aldehydes is 1. The summed E-state index contributed by atoms with van der Waals surface area (Å²) < 4.78 is 30.6. The fourth-order valence-corrected chi connectivity index (χ4v) is 1.73. The molecule has 186 valence electrons. The van der Waals surface area contributed by atoms with E-state index in [9.17, 15) is 23.2 Å². The SMILES string of the molecule is CC.CCN(C)N/C=C/C(=O)NCc1ccc(F)cc1F.COCCNC(=O)/C=C(\O)C=O. The van der Waals surface area contributed by atoms with Gasteiger partial charge in [-0.25, -0.2) is 13.8 Å². The third-order valence-electron chi connectivity index (χ3n) is 3.48. The van der Waals surface area contributed by atoms with Crippen molar-refractivity contribution >= 4 is 18.1 Å². The number of hydrazine groups is 1. The third-order valence-corrected chi connectivity index (χ3v) is 3.48. The molecule has 11 heteroatoms. The van der Waals surface area contributed by atoms with E-state index in [-0.39, 0.29) is 24.3 Å². The number of ether oxygens (including phenoxy) is 1. The van der Waals surface area contributed by atoms with Gasteiger partial charge in [0.2, 0.25) is 11.8 Å². The van der Waals surface area contributed by atoms with E-state index in [1.165, 1.54) is 25.5 Å². The Hall–Kier alpha value is -3.31. The summed E-state index contributed by atoms with van der Waals surface area (Å²) >= 11 is 0. The first-order chi connectivity index (χ1) is 15.7. The van der Waals surface area contributed by atoms with Crippen molar-refractivity contribution in [1.82, 2.24) is 21.1 Å². The van der Waals surface area contributed by atoms with Crippen molar-refractivity contribution in [3.05, 3.63) is 59.5 Å². The molecule has 1 aromatic carbocycles. The lowest BCUT2D eigenvalue weighted by molar-refractivity contribution is -0.117. The number of allylic oxidation sites excluding steroid dienone is 1. The zero-order chi connectivity index (χ0) is 25.6. The summed E-state index contributed by atoms with van der Waals surface area (Å²) in [6.07, 6.45) is 3.78. The Kier molecular flexibility index (Phi) is 19.9. The van der Waals surface area contributed by atoms with Crippen LogP contribution >= 0.6 is 0 Å². The lowest BCUT2D eigenvalue weighted by Gasteiger charge is -2.12. The lowest BCUT2D eigenvalue weighted by Crippen LogP contribution is -2.30. The number of benzene rings is 1. The molecule has 33 heavy (non-hydrogen) atoms. The second-order valence-electron chi connectivity index (χ2n) is 5.90. The van der Waals surface area contributed by atoms with Crippen LogP contribution in [0.4, 0.5) is 8.78 Å². The highest BCUT2D eigenvalue weighted by Gasteiger charge is 2.04. The first kappa shape index (κ1) is 31.9. The van der Waals surface area contributed by atoms with Crippen LogP contribution in [-0.4, -0.2) is 62.1 Å². The quantitative estimate of drug-likeness (QED) is 0.128. The molecule has 0 radical (unpaired) electrons. The van der Waals surface area contributed by atoms with E-state index in [1.54, 1.807) is 5.01 Å². The molecule has 0 aliphatic carbocycles. The number of methoxy groups -OCH3 is 1. The van der Waals surface area contributed by atoms with Crippen molar-refractivity contribution in [3.8, 4) is 0 Å². The van der Waals surface area contributed by atoms with Crippen molar-refractivity contribution in [2.24, 2.45) is 0 Å². The van der Waals surface area contributed by atoms with Gasteiger partial charge >= 0.3 is 0 Å². The number of amides is 2. The van der Waals surface area contributed by atoms with Gasteiger partial charge in [0.15, 0.2) is 12.0 Å². The molecular formula is C22H34F2N4O5. The maximum atomic E-state index is 13.3. The molecule has 0 saturated heterocycles. The number of aliphatic hydroxyl groups excluding tert-OH is 1. The monoisotopic (exact) mass is 472 g/mol. The van der Waals surface area contributed by atoms with Crippen LogP contribution in [0.3, 0.4) is 0 Å². The molecule has 0 aromatic heterocycles. The number of carbonyl (C=O) groups is 3. The highest BCUT2D eigenvalue weighted by atomic mass is 19.1. The number of rotatable bonds is 11. The third kappa shape index (κ3) is 18.0. The molecule has 9 nitrogen and oxygen atoms in total. The van der Waals surface area contributed by atoms with E-state index in [2.05, 4.69) is 20.8 Å². The number of halogens is 2. The summed E-state index contributed by atoms with van der Waals surface area (Å²) in [5.74, 6) is -2.78. The lowest BCUT2D eigenvalue weighted by atomic mass is 10.2. The van der Waals surface area contributed by atoms with Gasteiger partial charge in [0, 0.05) is 63.8 Å². The number of nitrogens with one attached hydrogen (secondary N) is 3. The van der Waals surface area contributed by atoms with Crippen LogP contribution in [0.25, 0.3) is 0 Å². The molecule has 2 amide bonds. The highest BCUT2D eigenvalue weighted by Crippen LogP contribution is 2.08. The predicted molar refractivity (Wildman–Crippen MR) is 122 cm³/mol. The first-order valence-corrected chi connectivity index (χ1v) is 10.2. The Morgan fingerprint density at radius 2 is 1.85 bits per heavy atom. The maximum absolute atomic E-state index is 13.3. The van der Waals surface area contributed by atoms with Gasteiger partial charge in [-0.1, -0.05) is 26.8 Å². The van der Waals surface area contributed by atoms with Gasteiger partial charge in [-0.2, -0.15) is 0 Å². The minimum Gasteiger partial charge on any atom is -0.504 e. The highest BCUT2D eigenvalue weighted by molar-refractivity contribution is 5.92. The van der Waals surface area contributed by atoms with Crippen LogP contribution in [0, 0.1) is 11.6 Å². The Balaban J connectivity index is 0. The molecular weight excluding hydrogens is 438 g/mol. The normalized spacial score (nSPS) is 10.5. The van der Waals surface area contributed by atoms with Gasteiger partial charge in [-0.3, -0.25) is 14.4 Å². The van der Waals surface area contributed by atoms with Crippen LogP contribution in [0.5, 0.6) is 0 Å². The standard InChI is InChI=1S/C13H17F2N3O.C7H11NO4.C2H6/c1-3-18(2)17-7-6-13(19)16-9-10-4-5-11(14)8-12(10)15;1-12-3-2-8-7(11)4-6(10)5-9;1-2/h4-8,17H,3,9H2,1-2H3,(H,16,19);4-5,10H,2-3H2,1H3,(H,8,11);1-2H3/b7-6+;6-4-;. The van der Waals surface area contributed by atoms with Gasteiger partial charge in [-0.15, -0.1) is 0 Å². The zero-order valence-electron chi connectivity index (χ0n) is 19.7. The minimum atomic E-state index is -0.673. The number of aliphatic hydroxyl groups is 1. The van der Waals surface area contributed by atoms with Crippen LogP contribution < -0.4 is 16.1 Å². The molecule has 4 N–H and O–H groups in total. The molecule has 1 aromatic rings. The summed E-state index contributed by atoms with van der Waals surface area (Å²) in [4.78, 5) is 32.0. The van der Waals surface area contributed by atoms with Gasteiger partial charge in [0.25, 0.3) is 0 Å². The maximum Gasteiger partial charge on any atom is 0.247 e. The number of hydrogen-bond acceptors (Lipinski definition) is 7. The van der Waals surface area contributed by atoms with E-state index < -0.39 is 23.3 Å². The molecule has 0 spiro atoms. The Labute approximate surface area is 193 Å². The summed E-state index contributed by atoms with van der Waals surface area (Å²) in [5, 5.41) is 15.3. The first-order valence-electron chi connectivity index (χ1n) is 10.2. The second-order valence-corrected chi connectivity index (χ2v) is 5.90. The molecule has 0 unspecified atom stereocenters. The van der Waals surface area contributed by atoms with Crippen molar-refractivity contribution < 1.29 is 33.0 Å². The number of nitrogens with zero attached hydrogens (tertiary/aromatic N) is 1. The van der Waals surface area contributed by atoms with E-state index in [1.807, 2.05) is 27.8 Å². The van der Waals surface area contributed by atoms with Crippen LogP contribution in [-0.2, 0) is 25.7 Å².